The van der Waals surface area contributed by atoms with Gasteiger partial charge in [-0.05, 0) is 132 Å². The van der Waals surface area contributed by atoms with Crippen molar-refractivity contribution in [2.24, 2.45) is 68.0 Å². The van der Waals surface area contributed by atoms with Crippen LogP contribution < -0.4 is 0 Å². The normalized spacial score (nSPS) is 31.3. The second kappa shape index (κ2) is 48.5. The number of hydrogen-bond donors (Lipinski definition) is 8. The fourth-order valence-electron chi connectivity index (χ4n) is 22.3. The second-order valence-electron chi connectivity index (χ2n) is 41.8. The third-order valence-corrected chi connectivity index (χ3v) is 38.6. The number of Topliss-reactive ketones (excluding diaryl/α,β-unsaturated/α-hetero) is 4. The van der Waals surface area contributed by atoms with Gasteiger partial charge < -0.3 is 88.2 Å². The summed E-state index contributed by atoms with van der Waals surface area (Å²) in [5.74, 6) is -18.9. The zero-order valence-corrected chi connectivity index (χ0v) is 92.1. The number of carbonyl (C=O) groups excluding carboxylic acids is 17. The summed E-state index contributed by atoms with van der Waals surface area (Å²) in [6.45, 7) is 39.4. The van der Waals surface area contributed by atoms with Crippen molar-refractivity contribution in [3.05, 3.63) is 143 Å². The molecule has 40 heteroatoms. The molecular weight excluding hydrogens is 2120 g/mol. The number of ketones is 4. The van der Waals surface area contributed by atoms with Gasteiger partial charge in [-0.2, -0.15) is 0 Å². The van der Waals surface area contributed by atoms with Gasteiger partial charge in [0.15, 0.2) is 53.1 Å². The van der Waals surface area contributed by atoms with Crippen LogP contribution in [-0.4, -0.2) is 279 Å². The van der Waals surface area contributed by atoms with Gasteiger partial charge in [0.2, 0.25) is 0 Å². The van der Waals surface area contributed by atoms with Crippen LogP contribution in [-0.2, 0) is 125 Å². The molecule has 3 aromatic rings. The number of benzene rings is 3. The third-order valence-electron chi connectivity index (χ3n) is 30.3. The van der Waals surface area contributed by atoms with E-state index in [0.29, 0.717) is 23.1 Å². The van der Waals surface area contributed by atoms with Crippen LogP contribution in [0.3, 0.4) is 0 Å². The van der Waals surface area contributed by atoms with E-state index in [-0.39, 0.29) is 62.8 Å². The molecule has 3 saturated carbocycles. The van der Waals surface area contributed by atoms with Crippen molar-refractivity contribution in [2.75, 3.05) is 13.2 Å². The van der Waals surface area contributed by atoms with Gasteiger partial charge in [-0.3, -0.25) is 47.9 Å². The van der Waals surface area contributed by atoms with Gasteiger partial charge in [0, 0.05) is 99.2 Å². The van der Waals surface area contributed by atoms with Crippen molar-refractivity contribution in [1.82, 2.24) is 0 Å². The van der Waals surface area contributed by atoms with E-state index in [4.69, 9.17) is 47.4 Å². The topological polar surface area (TPSA) is 581 Å². The Bertz CT molecular complexity index is 5400. The van der Waals surface area contributed by atoms with Gasteiger partial charge in [-0.25, -0.2) is 14.4 Å². The first-order valence-electron chi connectivity index (χ1n) is 48.2. The van der Waals surface area contributed by atoms with Crippen molar-refractivity contribution in [3.63, 3.8) is 0 Å². The molecule has 1 heterocycles. The van der Waals surface area contributed by atoms with E-state index in [1.807, 2.05) is 6.92 Å². The first-order valence-corrected chi connectivity index (χ1v) is 54.6. The van der Waals surface area contributed by atoms with Crippen LogP contribution in [0.4, 0.5) is 0 Å². The molecule has 8 N–H and O–H groups in total. The third kappa shape index (κ3) is 26.6. The van der Waals surface area contributed by atoms with E-state index >= 15 is 0 Å². The molecule has 3 aromatic carbocycles. The average molecular weight is 2270 g/mol. The Kier molecular flexibility index (Phi) is 41.2. The van der Waals surface area contributed by atoms with Crippen LogP contribution in [0.1, 0.15) is 271 Å². The number of esters is 9. The van der Waals surface area contributed by atoms with Crippen LogP contribution in [0.5, 0.6) is 0 Å². The second-order valence-corrected chi connectivity index (χ2v) is 48.9. The number of aliphatic hydroxyl groups excluding tert-OH is 4. The summed E-state index contributed by atoms with van der Waals surface area (Å²) in [7, 11) is 0. The summed E-state index contributed by atoms with van der Waals surface area (Å²) in [5.41, 5.74) is -16.2. The molecule has 39 nitrogen and oxygen atoms in total. The molecule has 6 aliphatic carbocycles. The Balaban J connectivity index is 0.000000311. The quantitative estimate of drug-likeness (QED) is 0.0139. The van der Waals surface area contributed by atoms with Gasteiger partial charge in [-0.1, -0.05) is 163 Å². The molecule has 5 unspecified atom stereocenters. The van der Waals surface area contributed by atoms with E-state index in [2.05, 4.69) is 10.7 Å². The number of fused-ring (bicyclic) bond motifs is 1. The molecule has 26 atom stereocenters. The molecule has 10 rings (SSSR count). The van der Waals surface area contributed by atoms with Crippen molar-refractivity contribution < 1.29 is 180 Å². The number of rotatable bonds is 29. The Morgan fingerprint density at radius 1 is 0.395 bits per heavy atom. The molecule has 0 radical (unpaired) electrons. The van der Waals surface area contributed by atoms with Crippen molar-refractivity contribution in [3.8, 4) is 0 Å². The molecule has 147 heavy (non-hydrogen) atoms. The van der Waals surface area contributed by atoms with E-state index in [0.717, 1.165) is 55.4 Å². The summed E-state index contributed by atoms with van der Waals surface area (Å²) in [6.07, 6.45) is -11.1. The molecule has 814 valence electrons. The summed E-state index contributed by atoms with van der Waals surface area (Å²) in [6, 6.07) is 24.1. The van der Waals surface area contributed by atoms with E-state index in [1.165, 1.54) is 72.7 Å². The fraction of sp³-hybridized carbons (Fsp3) is 0.617. The van der Waals surface area contributed by atoms with Crippen LogP contribution in [0.2, 0.25) is 0 Å². The van der Waals surface area contributed by atoms with Gasteiger partial charge >= 0.3 is 158 Å². The van der Waals surface area contributed by atoms with Crippen LogP contribution in [0.15, 0.2) is 126 Å². The molecule has 0 aromatic heterocycles. The molecule has 4 fully saturated rings. The predicted molar refractivity (Wildman–Crippen MR) is 523 cm³/mol. The van der Waals surface area contributed by atoms with Gasteiger partial charge in [0.1, 0.15) is 52.9 Å². The zero-order chi connectivity index (χ0) is 111. The Morgan fingerprint density at radius 2 is 0.694 bits per heavy atom. The predicted octanol–water partition coefficient (Wildman–Crippen LogP) is 9.76. The summed E-state index contributed by atoms with van der Waals surface area (Å²) in [4.78, 5) is 214. The van der Waals surface area contributed by atoms with Crippen molar-refractivity contribution in [2.45, 2.75) is 341 Å². The fourth-order valence-corrected chi connectivity index (χ4v) is 28.7. The molecule has 1 aliphatic heterocycles. The standard InChI is InChI=1S/C33H46O11.C33H44O10.C32H42O10.4C2H4O2.CH4.Pb/c1-18-15-30(6,7)33(41,16-24(18)37)28(44-29(39)23-12-10-9-11-13-23)26-31(8,27(38)20(3)42-21(4)35)19(2)14-25(43-22(5)36)32(26,40)17-34;1-18-15-30(6,7)33(39,16-24(18)36)28(42-29(38)23-12-10-9-11-13-23)26-31(8,27(37)20(3)41-21(4)34)19(2)14-25-32(26,17-40-25)43-22(5)35;1-17-15-30(6,7)32(39,16-23(17)35)28(42-29(38)22-12-10-9-11-13-22)25-26(36)24(41-21(5)34)14-18(2)31(25,8)27(37)19(3)40-20(4)33;4*1-2(3)4;;/h9-13,15,19-20,24-26,28,34,37,40-41H,14,16-17H2,1-8H3;9-13,15,19-20,24-26,28,36,39H,14,16-17H2,1-8H3;9-13,15,18-19,23-25,28,35,39H,14,16H2,1-8H3;4*1H3,(H,3,4);1H4;/q;;;;;;;;+4/p-4/t19?,20-,24+,25+,26?,28+,31-,32+,33-;19-,20+,24-,25+,26?,28-,31+,32-,33+;18?,19-,23+,24+,25?,28+,31-,32-;;;;;;/m101....../s1. The Morgan fingerprint density at radius 3 is 0.993 bits per heavy atom. The SMILES string of the molecule is C.CC(=O)O[C@H](C)C(=O)[C@@]1(C)C([C@H](OC(=O)c2ccccc2)[C@]2(O)C[C@H](O)C(C)=CC2(C)C)[C@]2(OC(C)=O)CO[C@@H]2C[C@@H]1C.CC(=O)O[C@H]1CC(C)[C@@](C)(C(=O)[C@@H](C)OC(C)=O)C([C@H](OC(=O)c2ccccc2)[C@]2(O)C[C@H](O)C(C)=CC2(C)C)C1=O.CC(=O)O[C@H]1CC(C)[C@@](C)(C(=O)[C@@H](C)OC(C)=O)C([C@H](OC(=O)c2ccccc2)[C@]2(O)C[C@H](O)C(C)=CC2(C)C)[C@]1(O)CO.CC(=O)[O][Pb]([O]C(C)=O)([O]C(C)=O)[O]C(C)=O. The summed E-state index contributed by atoms with van der Waals surface area (Å²) in [5, 5.41) is 94.3. The average Bonchev–Trinajstić information content (AvgIpc) is 0.679. The summed E-state index contributed by atoms with van der Waals surface area (Å²) >= 11 is -5.43. The maximum absolute atomic E-state index is 14.5. The summed E-state index contributed by atoms with van der Waals surface area (Å²) < 4.78 is 75.7. The Labute approximate surface area is 864 Å². The number of aliphatic hydroxyl groups is 8. The number of hydrogen-bond acceptors (Lipinski definition) is 39. The van der Waals surface area contributed by atoms with Crippen LogP contribution in [0, 0.1) is 68.0 Å². The van der Waals surface area contributed by atoms with Crippen molar-refractivity contribution in [1.29, 1.82) is 0 Å². The molecule has 0 bridgehead atoms. The van der Waals surface area contributed by atoms with E-state index in [1.54, 1.807) is 168 Å². The molecule has 0 amide bonds. The molecule has 0 spiro atoms. The first-order chi connectivity index (χ1) is 67.2. The van der Waals surface area contributed by atoms with Gasteiger partial charge in [0.05, 0.1) is 60.1 Å². The zero-order valence-electron chi connectivity index (χ0n) is 88.2. The number of ether oxygens (including phenoxy) is 10. The molecular formula is C107H148O39Pb. The van der Waals surface area contributed by atoms with Gasteiger partial charge in [-0.15, -0.1) is 0 Å². The van der Waals surface area contributed by atoms with Crippen molar-refractivity contribution >= 4 is 124 Å². The Hall–Kier alpha value is -10.8. The number of carbonyl (C=O) groups is 17. The van der Waals surface area contributed by atoms with Crippen LogP contribution in [0.25, 0.3) is 0 Å². The molecule has 7 aliphatic rings. The minimum absolute atomic E-state index is 0. The van der Waals surface area contributed by atoms with E-state index in [9.17, 15) is 122 Å². The van der Waals surface area contributed by atoms with Gasteiger partial charge in [0.25, 0.3) is 0 Å². The maximum atomic E-state index is 14.5. The minimum atomic E-state index is -5.43. The van der Waals surface area contributed by atoms with Crippen LogP contribution >= 0.6 is 0 Å². The monoisotopic (exact) mass is 2260 g/mol. The first kappa shape index (κ1) is 125. The van der Waals surface area contributed by atoms with E-state index < -0.39 is 300 Å². The molecule has 1 saturated heterocycles.